The molecule has 2 aliphatic rings. The number of fused-ring (bicyclic) bond motifs is 1. The summed E-state index contributed by atoms with van der Waals surface area (Å²) in [5.41, 5.74) is 7.26. The summed E-state index contributed by atoms with van der Waals surface area (Å²) in [5, 5.41) is 0. The molecule has 6 heteroatoms. The molecule has 1 aliphatic carbocycles. The van der Waals surface area contributed by atoms with Gasteiger partial charge in [0.15, 0.2) is 0 Å². The van der Waals surface area contributed by atoms with Crippen LogP contribution in [0.5, 0.6) is 5.88 Å². The van der Waals surface area contributed by atoms with Crippen LogP contribution in [0.4, 0.5) is 13.2 Å². The largest absolute Gasteiger partial charge is 0.471 e. The van der Waals surface area contributed by atoms with Crippen molar-refractivity contribution in [3.63, 3.8) is 0 Å². The summed E-state index contributed by atoms with van der Waals surface area (Å²) in [4.78, 5) is 4.18. The summed E-state index contributed by atoms with van der Waals surface area (Å²) < 4.78 is 42.6. The van der Waals surface area contributed by atoms with Gasteiger partial charge in [-0.25, -0.2) is 4.98 Å². The molecular formula is C14H17F3N2O. The maximum Gasteiger partial charge on any atom is 0.389 e. The lowest BCUT2D eigenvalue weighted by atomic mass is 9.73. The third kappa shape index (κ3) is 2.61. The molecule has 0 amide bonds. The average Bonchev–Trinajstić information content (AvgIpc) is 2.33. The molecule has 110 valence electrons. The van der Waals surface area contributed by atoms with Gasteiger partial charge in [-0.3, -0.25) is 0 Å². The number of hydrogen-bond donors (Lipinski definition) is 1. The SMILES string of the molecule is NC1CC2(CCC2)Oc2ncc(CCC(F)(F)F)cc21. The number of pyridine rings is 1. The smallest absolute Gasteiger partial charge is 0.389 e. The molecule has 0 aromatic carbocycles. The van der Waals surface area contributed by atoms with Gasteiger partial charge in [-0.05, 0) is 37.3 Å². The summed E-state index contributed by atoms with van der Waals surface area (Å²) in [6.07, 6.45) is 0.236. The van der Waals surface area contributed by atoms with Crippen LogP contribution in [0.2, 0.25) is 0 Å². The van der Waals surface area contributed by atoms with Crippen LogP contribution in [0.25, 0.3) is 0 Å². The summed E-state index contributed by atoms with van der Waals surface area (Å²) in [7, 11) is 0. The maximum absolute atomic E-state index is 12.2. The minimum absolute atomic E-state index is 0.0678. The minimum atomic E-state index is -4.15. The van der Waals surface area contributed by atoms with Crippen LogP contribution in [-0.2, 0) is 6.42 Å². The average molecular weight is 286 g/mol. The molecule has 1 unspecified atom stereocenters. The van der Waals surface area contributed by atoms with E-state index in [1.165, 1.54) is 6.20 Å². The van der Waals surface area contributed by atoms with E-state index in [0.29, 0.717) is 11.4 Å². The Kier molecular flexibility index (Phi) is 3.16. The van der Waals surface area contributed by atoms with E-state index < -0.39 is 12.6 Å². The molecule has 1 saturated carbocycles. The van der Waals surface area contributed by atoms with Crippen LogP contribution in [0.3, 0.4) is 0 Å². The Hall–Kier alpha value is -1.30. The first-order chi connectivity index (χ1) is 9.37. The quantitative estimate of drug-likeness (QED) is 0.907. The number of hydrogen-bond acceptors (Lipinski definition) is 3. The topological polar surface area (TPSA) is 48.1 Å². The zero-order valence-corrected chi connectivity index (χ0v) is 11.0. The van der Waals surface area contributed by atoms with Crippen molar-refractivity contribution in [2.45, 2.75) is 56.3 Å². The van der Waals surface area contributed by atoms with E-state index in [2.05, 4.69) is 4.98 Å². The zero-order valence-electron chi connectivity index (χ0n) is 11.0. The highest BCUT2D eigenvalue weighted by Gasteiger charge is 2.45. The van der Waals surface area contributed by atoms with Crippen molar-refractivity contribution in [1.82, 2.24) is 4.98 Å². The molecule has 3 nitrogen and oxygen atoms in total. The van der Waals surface area contributed by atoms with Crippen LogP contribution >= 0.6 is 0 Å². The Bertz CT molecular complexity index is 512. The standard InChI is InChI=1S/C14H17F3N2O/c15-14(16,17)5-2-9-6-10-11(18)7-13(3-1-4-13)20-12(10)19-8-9/h6,8,11H,1-5,7,18H2. The number of nitrogens with zero attached hydrogens (tertiary/aromatic N) is 1. The highest BCUT2D eigenvalue weighted by molar-refractivity contribution is 5.36. The second-order valence-corrected chi connectivity index (χ2v) is 5.80. The van der Waals surface area contributed by atoms with Gasteiger partial charge in [0.1, 0.15) is 5.60 Å². The van der Waals surface area contributed by atoms with Gasteiger partial charge in [0.05, 0.1) is 0 Å². The van der Waals surface area contributed by atoms with Crippen LogP contribution in [0.1, 0.15) is 49.3 Å². The second-order valence-electron chi connectivity index (χ2n) is 5.80. The van der Waals surface area contributed by atoms with E-state index in [0.717, 1.165) is 31.2 Å². The molecule has 20 heavy (non-hydrogen) atoms. The van der Waals surface area contributed by atoms with Gasteiger partial charge in [0.2, 0.25) is 5.88 Å². The molecule has 2 heterocycles. The zero-order chi connectivity index (χ0) is 14.4. The van der Waals surface area contributed by atoms with E-state index in [-0.39, 0.29) is 18.1 Å². The van der Waals surface area contributed by atoms with Crippen molar-refractivity contribution < 1.29 is 17.9 Å². The van der Waals surface area contributed by atoms with Crippen LogP contribution < -0.4 is 10.5 Å². The van der Waals surface area contributed by atoms with Crippen LogP contribution in [0.15, 0.2) is 12.3 Å². The minimum Gasteiger partial charge on any atom is -0.471 e. The Morgan fingerprint density at radius 1 is 1.40 bits per heavy atom. The fourth-order valence-electron chi connectivity index (χ4n) is 2.92. The summed E-state index contributed by atoms with van der Waals surface area (Å²) in [6.45, 7) is 0. The lowest BCUT2D eigenvalue weighted by Crippen LogP contribution is -2.48. The Morgan fingerprint density at radius 3 is 2.75 bits per heavy atom. The van der Waals surface area contributed by atoms with E-state index in [1.54, 1.807) is 6.07 Å². The van der Waals surface area contributed by atoms with E-state index in [4.69, 9.17) is 10.5 Å². The maximum atomic E-state index is 12.2. The molecular weight excluding hydrogens is 269 g/mol. The highest BCUT2D eigenvalue weighted by atomic mass is 19.4. The molecule has 1 atom stereocenters. The van der Waals surface area contributed by atoms with Crippen molar-refractivity contribution in [1.29, 1.82) is 0 Å². The van der Waals surface area contributed by atoms with Gasteiger partial charge >= 0.3 is 6.18 Å². The van der Waals surface area contributed by atoms with Gasteiger partial charge in [0.25, 0.3) is 0 Å². The summed E-state index contributed by atoms with van der Waals surface area (Å²) in [6, 6.07) is 1.52. The molecule has 1 aromatic rings. The molecule has 3 rings (SSSR count). The van der Waals surface area contributed by atoms with Gasteiger partial charge < -0.3 is 10.5 Å². The number of rotatable bonds is 2. The third-order valence-corrected chi connectivity index (χ3v) is 4.20. The number of halogens is 3. The third-order valence-electron chi connectivity index (χ3n) is 4.20. The number of nitrogens with two attached hydrogens (primary N) is 1. The van der Waals surface area contributed by atoms with Gasteiger partial charge in [-0.2, -0.15) is 13.2 Å². The predicted octanol–water partition coefficient (Wildman–Crippen LogP) is 3.28. The van der Waals surface area contributed by atoms with E-state index in [1.807, 2.05) is 0 Å². The van der Waals surface area contributed by atoms with Crippen molar-refractivity contribution in [2.24, 2.45) is 5.73 Å². The fraction of sp³-hybridized carbons (Fsp3) is 0.643. The molecule has 0 bridgehead atoms. The molecule has 1 spiro atoms. The van der Waals surface area contributed by atoms with Crippen LogP contribution in [-0.4, -0.2) is 16.8 Å². The van der Waals surface area contributed by atoms with Gasteiger partial charge in [0, 0.05) is 30.6 Å². The van der Waals surface area contributed by atoms with Crippen molar-refractivity contribution in [3.8, 4) is 5.88 Å². The molecule has 2 N–H and O–H groups in total. The van der Waals surface area contributed by atoms with Gasteiger partial charge in [-0.15, -0.1) is 0 Å². The normalized spacial score (nSPS) is 23.9. The number of aromatic nitrogens is 1. The Labute approximate surface area is 115 Å². The second kappa shape index (κ2) is 4.62. The Balaban J connectivity index is 1.77. The van der Waals surface area contributed by atoms with Crippen molar-refractivity contribution >= 4 is 0 Å². The van der Waals surface area contributed by atoms with Crippen molar-refractivity contribution in [3.05, 3.63) is 23.4 Å². The van der Waals surface area contributed by atoms with Gasteiger partial charge in [-0.1, -0.05) is 0 Å². The molecule has 0 radical (unpaired) electrons. The molecule has 0 saturated heterocycles. The number of aryl methyl sites for hydroxylation is 1. The van der Waals surface area contributed by atoms with Crippen molar-refractivity contribution in [2.75, 3.05) is 0 Å². The first-order valence-electron chi connectivity index (χ1n) is 6.87. The molecule has 1 aliphatic heterocycles. The van der Waals surface area contributed by atoms with Crippen LogP contribution in [0, 0.1) is 0 Å². The lowest BCUT2D eigenvalue weighted by molar-refractivity contribution is -0.134. The highest BCUT2D eigenvalue weighted by Crippen LogP contribution is 2.47. The molecule has 1 aromatic heterocycles. The number of ether oxygens (including phenoxy) is 1. The van der Waals surface area contributed by atoms with E-state index in [9.17, 15) is 13.2 Å². The lowest BCUT2D eigenvalue weighted by Gasteiger charge is -2.46. The number of alkyl halides is 3. The Morgan fingerprint density at radius 2 is 2.15 bits per heavy atom. The fourth-order valence-corrected chi connectivity index (χ4v) is 2.92. The first-order valence-corrected chi connectivity index (χ1v) is 6.87. The van der Waals surface area contributed by atoms with E-state index >= 15 is 0 Å². The first kappa shape index (κ1) is 13.7. The molecule has 1 fully saturated rings. The monoisotopic (exact) mass is 286 g/mol. The predicted molar refractivity (Wildman–Crippen MR) is 67.4 cm³/mol. The summed E-state index contributed by atoms with van der Waals surface area (Å²) in [5.74, 6) is 0.499. The summed E-state index contributed by atoms with van der Waals surface area (Å²) >= 11 is 0.